The summed E-state index contributed by atoms with van der Waals surface area (Å²) in [5.74, 6) is -0.513. The van der Waals surface area contributed by atoms with Gasteiger partial charge in [-0.25, -0.2) is 9.18 Å². The van der Waals surface area contributed by atoms with Crippen LogP contribution in [0.5, 0.6) is 0 Å². The number of primary amides is 1. The number of cyclic esters (lactones) is 1. The Morgan fingerprint density at radius 3 is 2.60 bits per heavy atom. The maximum absolute atomic E-state index is 15.0. The number of halogens is 1. The summed E-state index contributed by atoms with van der Waals surface area (Å²) in [4.78, 5) is 30.7. The molecule has 2 fully saturated rings. The number of nitrogens with two attached hydrogens (primary N) is 1. The molecule has 11 nitrogen and oxygen atoms in total. The van der Waals surface area contributed by atoms with Gasteiger partial charge in [0.05, 0.1) is 13.6 Å². The predicted octanol–water partition coefficient (Wildman–Crippen LogP) is -0.103. The summed E-state index contributed by atoms with van der Waals surface area (Å²) in [7, 11) is 1.59. The Morgan fingerprint density at radius 2 is 2.00 bits per heavy atom. The minimum atomic E-state index is -1.48. The largest absolute Gasteiger partial charge is 0.441 e. The minimum absolute atomic E-state index is 0.128. The molecular weight excluding hydrogens is 395 g/mol. The van der Waals surface area contributed by atoms with E-state index in [1.165, 1.54) is 14.6 Å². The number of alkyl halides is 1. The molecule has 2 N–H and O–H groups in total. The second kappa shape index (κ2) is 7.52. The molecule has 0 radical (unpaired) electrons. The lowest BCUT2D eigenvalue weighted by Gasteiger charge is -2.46. The molecule has 160 valence electrons. The quantitative estimate of drug-likeness (QED) is 0.668. The number of hydrogen-bond acceptors (Lipinski definition) is 8. The van der Waals surface area contributed by atoms with Crippen LogP contribution >= 0.6 is 0 Å². The number of hydrogen-bond donors (Lipinski definition) is 1. The van der Waals surface area contributed by atoms with Gasteiger partial charge < -0.3 is 15.4 Å². The van der Waals surface area contributed by atoms with E-state index in [1.807, 2.05) is 6.07 Å². The first-order valence-electron chi connectivity index (χ1n) is 9.53. The number of carbonyl (C=O) groups excluding carboxylic acids is 2. The first-order chi connectivity index (χ1) is 14.3. The molecule has 0 bridgehead atoms. The molecule has 1 aromatic heterocycles. The van der Waals surface area contributed by atoms with Crippen LogP contribution in [0, 0.1) is 0 Å². The number of tetrazole rings is 1. The summed E-state index contributed by atoms with van der Waals surface area (Å²) in [6, 6.07) is 8.99. The van der Waals surface area contributed by atoms with E-state index < -0.39 is 29.9 Å². The Bertz CT molecular complexity index is 941. The van der Waals surface area contributed by atoms with Gasteiger partial charge in [0.2, 0.25) is 5.91 Å². The maximum atomic E-state index is 15.0. The Morgan fingerprint density at radius 1 is 1.27 bits per heavy atom. The normalized spacial score (nSPS) is 24.6. The van der Waals surface area contributed by atoms with Gasteiger partial charge in [-0.05, 0) is 24.3 Å². The molecule has 0 spiro atoms. The number of para-hydroxylation sites is 1. The summed E-state index contributed by atoms with van der Waals surface area (Å²) < 4.78 is 20.5. The third-order valence-corrected chi connectivity index (χ3v) is 5.74. The monoisotopic (exact) mass is 418 g/mol. The van der Waals surface area contributed by atoms with Crippen LogP contribution in [0.1, 0.15) is 6.92 Å². The molecule has 3 unspecified atom stereocenters. The molecule has 2 aromatic rings. The highest BCUT2D eigenvalue weighted by Gasteiger charge is 2.53. The molecule has 12 heteroatoms. The molecule has 2 aliphatic heterocycles. The van der Waals surface area contributed by atoms with E-state index in [0.29, 0.717) is 12.2 Å². The van der Waals surface area contributed by atoms with Crippen molar-refractivity contribution in [3.05, 3.63) is 30.3 Å². The van der Waals surface area contributed by atoms with E-state index in [9.17, 15) is 14.0 Å². The van der Waals surface area contributed by atoms with Crippen molar-refractivity contribution in [1.82, 2.24) is 25.1 Å². The number of aryl methyl sites for hydroxylation is 1. The SMILES string of the molecule is Cn1nnc(N2CCN(C(C)(C(N)=O)C3CN(c4ccccc4)C(=O)O3)CC2F)n1. The second-order valence-electron chi connectivity index (χ2n) is 7.48. The molecule has 2 saturated heterocycles. The van der Waals surface area contributed by atoms with Crippen LogP contribution in [0.4, 0.5) is 20.8 Å². The highest BCUT2D eigenvalue weighted by molar-refractivity contribution is 5.92. The second-order valence-corrected chi connectivity index (χ2v) is 7.48. The first-order valence-corrected chi connectivity index (χ1v) is 9.53. The summed E-state index contributed by atoms with van der Waals surface area (Å²) in [5, 5.41) is 11.6. The van der Waals surface area contributed by atoms with Crippen LogP contribution in [-0.2, 0) is 16.6 Å². The molecule has 2 amide bonds. The minimum Gasteiger partial charge on any atom is -0.441 e. The van der Waals surface area contributed by atoms with Gasteiger partial charge in [0.25, 0.3) is 5.95 Å². The molecule has 3 atom stereocenters. The van der Waals surface area contributed by atoms with Crippen molar-refractivity contribution in [3.63, 3.8) is 0 Å². The van der Waals surface area contributed by atoms with Crippen molar-refractivity contribution in [3.8, 4) is 0 Å². The summed E-state index contributed by atoms with van der Waals surface area (Å²) >= 11 is 0. The van der Waals surface area contributed by atoms with Crippen LogP contribution in [0.25, 0.3) is 0 Å². The van der Waals surface area contributed by atoms with E-state index in [0.717, 1.165) is 0 Å². The Hall–Kier alpha value is -3.28. The van der Waals surface area contributed by atoms with Crippen molar-refractivity contribution in [2.45, 2.75) is 24.9 Å². The lowest BCUT2D eigenvalue weighted by Crippen LogP contribution is -2.68. The molecule has 4 rings (SSSR count). The topological polar surface area (TPSA) is 123 Å². The Labute approximate surface area is 172 Å². The van der Waals surface area contributed by atoms with Gasteiger partial charge >= 0.3 is 6.09 Å². The third kappa shape index (κ3) is 3.32. The number of carbonyl (C=O) groups is 2. The van der Waals surface area contributed by atoms with E-state index in [2.05, 4.69) is 15.4 Å². The van der Waals surface area contributed by atoms with Crippen molar-refractivity contribution < 1.29 is 18.7 Å². The Kier molecular flexibility index (Phi) is 5.02. The van der Waals surface area contributed by atoms with Crippen molar-refractivity contribution >= 4 is 23.6 Å². The number of aromatic nitrogens is 4. The van der Waals surface area contributed by atoms with Crippen molar-refractivity contribution in [2.75, 3.05) is 36.0 Å². The number of ether oxygens (including phenoxy) is 1. The summed E-state index contributed by atoms with van der Waals surface area (Å²) in [6.07, 6.45) is -2.90. The van der Waals surface area contributed by atoms with Gasteiger partial charge in [0, 0.05) is 25.3 Å². The highest BCUT2D eigenvalue weighted by atomic mass is 19.1. The number of anilines is 2. The molecule has 2 aliphatic rings. The fourth-order valence-corrected chi connectivity index (χ4v) is 3.87. The first kappa shape index (κ1) is 20.0. The number of piperazine rings is 1. The summed E-state index contributed by atoms with van der Waals surface area (Å²) in [6.45, 7) is 2.11. The van der Waals surface area contributed by atoms with Crippen molar-refractivity contribution in [2.24, 2.45) is 12.8 Å². The van der Waals surface area contributed by atoms with Crippen molar-refractivity contribution in [1.29, 1.82) is 0 Å². The number of benzene rings is 1. The van der Waals surface area contributed by atoms with Crippen LogP contribution < -0.4 is 15.5 Å². The zero-order chi connectivity index (χ0) is 21.5. The predicted molar refractivity (Wildman–Crippen MR) is 104 cm³/mol. The van der Waals surface area contributed by atoms with E-state index in [4.69, 9.17) is 10.5 Å². The van der Waals surface area contributed by atoms with Gasteiger partial charge in [-0.15, -0.1) is 5.10 Å². The number of rotatable bonds is 5. The third-order valence-electron chi connectivity index (χ3n) is 5.74. The Balaban J connectivity index is 1.53. The van der Waals surface area contributed by atoms with Crippen LogP contribution in [0.15, 0.2) is 30.3 Å². The van der Waals surface area contributed by atoms with Gasteiger partial charge in [-0.3, -0.25) is 14.6 Å². The van der Waals surface area contributed by atoms with Crippen LogP contribution in [-0.4, -0.2) is 81.2 Å². The van der Waals surface area contributed by atoms with Gasteiger partial charge in [0.1, 0.15) is 11.6 Å². The van der Waals surface area contributed by atoms with E-state index in [1.54, 1.807) is 43.1 Å². The smallest absolute Gasteiger partial charge is 0.414 e. The maximum Gasteiger partial charge on any atom is 0.414 e. The molecule has 3 heterocycles. The van der Waals surface area contributed by atoms with E-state index >= 15 is 0 Å². The van der Waals surface area contributed by atoms with E-state index in [-0.39, 0.29) is 25.6 Å². The van der Waals surface area contributed by atoms with Gasteiger partial charge in [-0.1, -0.05) is 23.3 Å². The number of amides is 2. The van der Waals surface area contributed by atoms with Gasteiger partial charge in [0.15, 0.2) is 6.30 Å². The average molecular weight is 418 g/mol. The zero-order valence-corrected chi connectivity index (χ0v) is 16.7. The standard InChI is InChI=1S/C18H23FN8O3/c1-18(15(20)28,13-10-27(17(29)30-13)12-6-4-3-5-7-12)25-8-9-26(14(19)11-25)16-21-23-24(2)22-16/h3-7,13-14H,8-11H2,1-2H3,(H2,20,28). The number of nitrogens with zero attached hydrogens (tertiary/aromatic N) is 7. The van der Waals surface area contributed by atoms with Gasteiger partial charge in [-0.2, -0.15) is 4.80 Å². The van der Waals surface area contributed by atoms with Crippen LogP contribution in [0.3, 0.4) is 0 Å². The lowest BCUT2D eigenvalue weighted by molar-refractivity contribution is -0.137. The fourth-order valence-electron chi connectivity index (χ4n) is 3.87. The average Bonchev–Trinajstić information content (AvgIpc) is 3.33. The summed E-state index contributed by atoms with van der Waals surface area (Å²) in [5.41, 5.74) is 5.01. The molecule has 0 aliphatic carbocycles. The zero-order valence-electron chi connectivity index (χ0n) is 16.7. The van der Waals surface area contributed by atoms with Crippen LogP contribution in [0.2, 0.25) is 0 Å². The lowest BCUT2D eigenvalue weighted by atomic mass is 9.90. The fraction of sp³-hybridized carbons (Fsp3) is 0.500. The molecule has 1 aromatic carbocycles. The molecule has 30 heavy (non-hydrogen) atoms. The molecule has 0 saturated carbocycles. The highest BCUT2D eigenvalue weighted by Crippen LogP contribution is 2.32. The molecular formula is C18H23FN8O3.